The minimum atomic E-state index is 0.889. The highest BCUT2D eigenvalue weighted by molar-refractivity contribution is 5.71. The molecule has 3 heteroatoms. The van der Waals surface area contributed by atoms with E-state index in [2.05, 4.69) is 115 Å². The Labute approximate surface area is 215 Å². The molecule has 0 atom stereocenters. The largest absolute Gasteiger partial charge is 0.318 e. The molecule has 36 heavy (non-hydrogen) atoms. The first kappa shape index (κ1) is 24.1. The lowest BCUT2D eigenvalue weighted by atomic mass is 9.99. The Balaban J connectivity index is 1.55. The van der Waals surface area contributed by atoms with Gasteiger partial charge in [-0.2, -0.15) is 5.10 Å². The molecule has 0 saturated heterocycles. The van der Waals surface area contributed by atoms with Crippen LogP contribution in [0.15, 0.2) is 85.0 Å². The van der Waals surface area contributed by atoms with E-state index >= 15 is 0 Å². The van der Waals surface area contributed by atoms with Crippen LogP contribution in [0.5, 0.6) is 0 Å². The quantitative estimate of drug-likeness (QED) is 0.256. The average Bonchev–Trinajstić information content (AvgIpc) is 3.46. The van der Waals surface area contributed by atoms with Crippen LogP contribution in [-0.4, -0.2) is 14.3 Å². The summed E-state index contributed by atoms with van der Waals surface area (Å²) in [4.78, 5) is 0. The highest BCUT2D eigenvalue weighted by atomic mass is 15.3. The summed E-state index contributed by atoms with van der Waals surface area (Å²) < 4.78 is 4.59. The molecule has 0 N–H and O–H groups in total. The lowest BCUT2D eigenvalue weighted by Gasteiger charge is -2.16. The lowest BCUT2D eigenvalue weighted by molar-refractivity contribution is 0.606. The Kier molecular flexibility index (Phi) is 7.36. The van der Waals surface area contributed by atoms with Gasteiger partial charge in [0.2, 0.25) is 0 Å². The molecule has 0 radical (unpaired) electrons. The first-order valence-corrected chi connectivity index (χ1v) is 13.4. The van der Waals surface area contributed by atoms with Gasteiger partial charge < -0.3 is 4.57 Å². The molecule has 2 aromatic heterocycles. The summed E-state index contributed by atoms with van der Waals surface area (Å²) in [5, 5.41) is 5.08. The van der Waals surface area contributed by atoms with Crippen LogP contribution in [0.25, 0.3) is 28.2 Å². The third-order valence-corrected chi connectivity index (χ3v) is 7.37. The summed E-state index contributed by atoms with van der Waals surface area (Å²) >= 11 is 0. The maximum Gasteiger partial charge on any atom is 0.0934 e. The number of fused-ring (bicyclic) bond motifs is 1. The van der Waals surface area contributed by atoms with Crippen LogP contribution in [0.3, 0.4) is 0 Å². The molecule has 184 valence electrons. The van der Waals surface area contributed by atoms with Crippen molar-refractivity contribution in [3.63, 3.8) is 0 Å². The number of hydrogen-bond acceptors (Lipinski definition) is 1. The van der Waals surface area contributed by atoms with E-state index < -0.39 is 0 Å². The van der Waals surface area contributed by atoms with E-state index in [1.807, 2.05) is 0 Å². The molecule has 0 amide bonds. The van der Waals surface area contributed by atoms with Crippen molar-refractivity contribution >= 4 is 5.57 Å². The molecule has 1 aliphatic rings. The molecule has 2 aromatic carbocycles. The number of nitrogens with zero attached hydrogens (tertiary/aromatic N) is 3. The third kappa shape index (κ3) is 4.88. The molecule has 5 rings (SSSR count). The van der Waals surface area contributed by atoms with Crippen molar-refractivity contribution in [2.24, 2.45) is 0 Å². The maximum absolute atomic E-state index is 5.08. The first-order chi connectivity index (χ1) is 17.7. The van der Waals surface area contributed by atoms with Crippen LogP contribution < -0.4 is 0 Å². The SMILES string of the molecule is C/C=C\C/C(=C\C)c1cc(-c2ccccc2)nn1-c1ccc(-n2c(C)cc3c2CCCCCC3)cc1. The number of aromatic nitrogens is 3. The van der Waals surface area contributed by atoms with E-state index in [0.29, 0.717) is 0 Å². The predicted molar refractivity (Wildman–Crippen MR) is 152 cm³/mol. The van der Waals surface area contributed by atoms with Gasteiger partial charge in [-0.1, -0.05) is 61.4 Å². The Morgan fingerprint density at radius 1 is 0.861 bits per heavy atom. The summed E-state index contributed by atoms with van der Waals surface area (Å²) in [6.07, 6.45) is 15.1. The van der Waals surface area contributed by atoms with Gasteiger partial charge in [-0.05, 0) is 100 Å². The van der Waals surface area contributed by atoms with Gasteiger partial charge >= 0.3 is 0 Å². The Morgan fingerprint density at radius 3 is 2.31 bits per heavy atom. The van der Waals surface area contributed by atoms with E-state index in [9.17, 15) is 0 Å². The molecule has 0 saturated carbocycles. The van der Waals surface area contributed by atoms with Gasteiger partial charge in [-0.25, -0.2) is 4.68 Å². The zero-order valence-electron chi connectivity index (χ0n) is 21.9. The van der Waals surface area contributed by atoms with Gasteiger partial charge in [0.15, 0.2) is 0 Å². The fourth-order valence-electron chi connectivity index (χ4n) is 5.48. The molecule has 0 bridgehead atoms. The summed E-state index contributed by atoms with van der Waals surface area (Å²) in [5.74, 6) is 0. The fraction of sp³-hybridized carbons (Fsp3) is 0.303. The number of benzene rings is 2. The number of aryl methyl sites for hydroxylation is 2. The van der Waals surface area contributed by atoms with Crippen LogP contribution in [0.1, 0.15) is 68.6 Å². The van der Waals surface area contributed by atoms with Crippen LogP contribution in [0, 0.1) is 6.92 Å². The minimum absolute atomic E-state index is 0.889. The van der Waals surface area contributed by atoms with Gasteiger partial charge in [0.05, 0.1) is 17.1 Å². The molecule has 0 spiro atoms. The molecule has 0 aliphatic heterocycles. The molecule has 2 heterocycles. The predicted octanol–water partition coefficient (Wildman–Crippen LogP) is 8.67. The van der Waals surface area contributed by atoms with E-state index in [1.54, 1.807) is 5.56 Å². The molecular weight excluding hydrogens is 438 g/mol. The second-order valence-corrected chi connectivity index (χ2v) is 9.80. The van der Waals surface area contributed by atoms with Gasteiger partial charge in [0.25, 0.3) is 0 Å². The number of rotatable bonds is 6. The van der Waals surface area contributed by atoms with E-state index in [0.717, 1.165) is 29.1 Å². The van der Waals surface area contributed by atoms with Gasteiger partial charge in [0.1, 0.15) is 0 Å². The minimum Gasteiger partial charge on any atom is -0.318 e. The van der Waals surface area contributed by atoms with Gasteiger partial charge in [-0.3, -0.25) is 0 Å². The fourth-order valence-corrected chi connectivity index (χ4v) is 5.48. The number of hydrogen-bond donors (Lipinski definition) is 0. The normalized spacial score (nSPS) is 14.6. The van der Waals surface area contributed by atoms with Gasteiger partial charge in [0, 0.05) is 22.6 Å². The molecule has 3 nitrogen and oxygen atoms in total. The Morgan fingerprint density at radius 2 is 1.58 bits per heavy atom. The summed E-state index contributed by atoms with van der Waals surface area (Å²) in [6.45, 7) is 6.44. The monoisotopic (exact) mass is 475 g/mol. The summed E-state index contributed by atoms with van der Waals surface area (Å²) in [7, 11) is 0. The highest BCUT2D eigenvalue weighted by Crippen LogP contribution is 2.30. The maximum atomic E-state index is 5.08. The molecule has 1 aliphatic carbocycles. The van der Waals surface area contributed by atoms with Crippen molar-refractivity contribution < 1.29 is 0 Å². The van der Waals surface area contributed by atoms with Crippen molar-refractivity contribution in [3.8, 4) is 22.6 Å². The molecule has 0 fully saturated rings. The zero-order chi connectivity index (χ0) is 24.9. The number of allylic oxidation sites excluding steroid dienone is 4. The van der Waals surface area contributed by atoms with E-state index in [1.165, 1.54) is 61.2 Å². The molecule has 0 unspecified atom stereocenters. The van der Waals surface area contributed by atoms with Gasteiger partial charge in [-0.15, -0.1) is 0 Å². The van der Waals surface area contributed by atoms with E-state index in [4.69, 9.17) is 5.10 Å². The van der Waals surface area contributed by atoms with Crippen LogP contribution in [-0.2, 0) is 12.8 Å². The average molecular weight is 476 g/mol. The van der Waals surface area contributed by atoms with Crippen LogP contribution >= 0.6 is 0 Å². The van der Waals surface area contributed by atoms with Crippen molar-refractivity contribution in [1.82, 2.24) is 14.3 Å². The molecule has 4 aromatic rings. The van der Waals surface area contributed by atoms with Crippen LogP contribution in [0.4, 0.5) is 0 Å². The highest BCUT2D eigenvalue weighted by Gasteiger charge is 2.17. The second-order valence-electron chi connectivity index (χ2n) is 9.80. The first-order valence-electron chi connectivity index (χ1n) is 13.4. The van der Waals surface area contributed by atoms with Crippen molar-refractivity contribution in [2.75, 3.05) is 0 Å². The van der Waals surface area contributed by atoms with Crippen molar-refractivity contribution in [1.29, 1.82) is 0 Å². The Hall–Kier alpha value is -3.59. The standard InChI is InChI=1S/C33H37N3/c1-4-6-14-26(5-2)33-24-31(27-15-11-9-12-16-27)34-36(33)30-21-19-29(20-22-30)35-25(3)23-28-17-10-7-8-13-18-32(28)35/h4-6,9,11-12,15-16,19-24H,7-8,10,13-14,17-18H2,1-3H3/b6-4-,26-5+. The Bertz CT molecular complexity index is 1360. The lowest BCUT2D eigenvalue weighted by Crippen LogP contribution is -2.07. The summed E-state index contributed by atoms with van der Waals surface area (Å²) in [5.41, 5.74) is 11.3. The van der Waals surface area contributed by atoms with Crippen molar-refractivity contribution in [3.05, 3.63) is 108 Å². The summed E-state index contributed by atoms with van der Waals surface area (Å²) in [6, 6.07) is 24.0. The topological polar surface area (TPSA) is 22.8 Å². The zero-order valence-corrected chi connectivity index (χ0v) is 21.9. The molecular formula is C33H37N3. The second kappa shape index (κ2) is 11.0. The van der Waals surface area contributed by atoms with Crippen molar-refractivity contribution in [2.45, 2.75) is 65.7 Å². The van der Waals surface area contributed by atoms with E-state index in [-0.39, 0.29) is 0 Å². The third-order valence-electron chi connectivity index (χ3n) is 7.37. The smallest absolute Gasteiger partial charge is 0.0934 e. The van der Waals surface area contributed by atoms with Crippen LogP contribution in [0.2, 0.25) is 0 Å².